The van der Waals surface area contributed by atoms with Gasteiger partial charge in [-0.25, -0.2) is 23.7 Å². The summed E-state index contributed by atoms with van der Waals surface area (Å²) in [5.74, 6) is -0.956. The van der Waals surface area contributed by atoms with Gasteiger partial charge in [0.1, 0.15) is 22.9 Å². The number of nitrogens with two attached hydrogens (primary N) is 1. The second kappa shape index (κ2) is 8.06. The number of amides is 1. The van der Waals surface area contributed by atoms with E-state index in [0.29, 0.717) is 17.0 Å². The predicted molar refractivity (Wildman–Crippen MR) is 114 cm³/mol. The molecule has 2 N–H and O–H groups in total. The Morgan fingerprint density at radius 3 is 2.31 bits per heavy atom. The fraction of sp³-hybridized carbons (Fsp3) is 0.136. The summed E-state index contributed by atoms with van der Waals surface area (Å²) in [5, 5.41) is 0. The average molecular weight is 435 g/mol. The standard InChI is InChI=1S/C22H18FN5O4/c1-12-25-18(20(24)30)19-21(26-12)28(15-7-5-14(23)6-8-15)22(31)27(19)11-17(29)13-3-9-16(32-2)10-4-13/h3-10H,11H2,1-2H3,(H2,24,30). The first-order chi connectivity index (χ1) is 15.3. The molecule has 4 rings (SSSR count). The second-order valence-corrected chi connectivity index (χ2v) is 6.99. The number of Topliss-reactive ketones (excluding diaryl/α,β-unsaturated/α-hetero) is 1. The summed E-state index contributed by atoms with van der Waals surface area (Å²) < 4.78 is 20.8. The molecule has 0 aliphatic heterocycles. The lowest BCUT2D eigenvalue weighted by Crippen LogP contribution is -2.27. The number of nitrogens with zero attached hydrogens (tertiary/aromatic N) is 4. The van der Waals surface area contributed by atoms with Crippen molar-refractivity contribution in [3.8, 4) is 11.4 Å². The lowest BCUT2D eigenvalue weighted by Gasteiger charge is -2.06. The predicted octanol–water partition coefficient (Wildman–Crippen LogP) is 2.02. The molecule has 4 aromatic rings. The van der Waals surface area contributed by atoms with Crippen LogP contribution in [-0.4, -0.2) is 37.9 Å². The van der Waals surface area contributed by atoms with Gasteiger partial charge in [-0.3, -0.25) is 14.2 Å². The van der Waals surface area contributed by atoms with Gasteiger partial charge in [0.25, 0.3) is 5.91 Å². The SMILES string of the molecule is COc1ccc(C(=O)Cn2c(=O)n(-c3ccc(F)cc3)c3nc(C)nc(C(N)=O)c32)cc1. The smallest absolute Gasteiger partial charge is 0.335 e. The van der Waals surface area contributed by atoms with Crippen LogP contribution in [0.2, 0.25) is 0 Å². The van der Waals surface area contributed by atoms with Crippen LogP contribution in [-0.2, 0) is 6.54 Å². The number of rotatable bonds is 6. The molecule has 0 unspecified atom stereocenters. The normalized spacial score (nSPS) is 11.0. The topological polar surface area (TPSA) is 122 Å². The number of carbonyl (C=O) groups excluding carboxylic acids is 2. The van der Waals surface area contributed by atoms with Crippen LogP contribution in [0.1, 0.15) is 26.7 Å². The highest BCUT2D eigenvalue weighted by molar-refractivity contribution is 6.03. The van der Waals surface area contributed by atoms with E-state index in [4.69, 9.17) is 10.5 Å². The van der Waals surface area contributed by atoms with Gasteiger partial charge >= 0.3 is 5.69 Å². The number of benzene rings is 2. The van der Waals surface area contributed by atoms with Crippen LogP contribution in [0.4, 0.5) is 4.39 Å². The lowest BCUT2D eigenvalue weighted by molar-refractivity contribution is 0.0966. The first kappa shape index (κ1) is 20.9. The van der Waals surface area contributed by atoms with Gasteiger partial charge in [-0.2, -0.15) is 0 Å². The fourth-order valence-corrected chi connectivity index (χ4v) is 3.42. The van der Waals surface area contributed by atoms with Crippen molar-refractivity contribution >= 4 is 22.9 Å². The summed E-state index contributed by atoms with van der Waals surface area (Å²) in [6.45, 7) is 1.16. The Labute approximate surface area is 180 Å². The number of fused-ring (bicyclic) bond motifs is 1. The van der Waals surface area contributed by atoms with Crippen LogP contribution in [0.15, 0.2) is 53.3 Å². The molecule has 0 atom stereocenters. The Kier molecular flexibility index (Phi) is 5.27. The molecule has 0 saturated heterocycles. The minimum absolute atomic E-state index is 0.0271. The van der Waals surface area contributed by atoms with E-state index >= 15 is 0 Å². The molecule has 0 aliphatic rings. The van der Waals surface area contributed by atoms with E-state index < -0.39 is 17.4 Å². The monoisotopic (exact) mass is 435 g/mol. The van der Waals surface area contributed by atoms with Gasteiger partial charge in [-0.15, -0.1) is 0 Å². The Hall–Kier alpha value is -4.34. The number of aryl methyl sites for hydroxylation is 1. The maximum absolute atomic E-state index is 13.4. The third-order valence-electron chi connectivity index (χ3n) is 4.91. The Balaban J connectivity index is 1.94. The van der Waals surface area contributed by atoms with Crippen molar-refractivity contribution < 1.29 is 18.7 Å². The number of hydrogen-bond donors (Lipinski definition) is 1. The van der Waals surface area contributed by atoms with Crippen molar-refractivity contribution in [1.82, 2.24) is 19.1 Å². The number of aromatic nitrogens is 4. The first-order valence-electron chi connectivity index (χ1n) is 9.53. The zero-order valence-corrected chi connectivity index (χ0v) is 17.2. The minimum atomic E-state index is -0.873. The van der Waals surface area contributed by atoms with Crippen molar-refractivity contribution in [2.45, 2.75) is 13.5 Å². The molecule has 1 amide bonds. The summed E-state index contributed by atoms with van der Waals surface area (Å²) in [7, 11) is 1.51. The molecule has 32 heavy (non-hydrogen) atoms. The van der Waals surface area contributed by atoms with E-state index in [1.807, 2.05) is 0 Å². The number of primary amides is 1. The van der Waals surface area contributed by atoms with Gasteiger partial charge < -0.3 is 10.5 Å². The molecular formula is C22H18FN5O4. The summed E-state index contributed by atoms with van der Waals surface area (Å²) in [5.41, 5.74) is 5.45. The number of methoxy groups -OCH3 is 1. The van der Waals surface area contributed by atoms with E-state index in [0.717, 1.165) is 4.57 Å². The maximum atomic E-state index is 13.4. The molecule has 2 aromatic carbocycles. The van der Waals surface area contributed by atoms with Gasteiger partial charge in [0.15, 0.2) is 17.1 Å². The van der Waals surface area contributed by atoms with Crippen LogP contribution in [0, 0.1) is 12.7 Å². The third kappa shape index (κ3) is 3.62. The molecule has 0 saturated carbocycles. The quantitative estimate of drug-likeness (QED) is 0.463. The molecular weight excluding hydrogens is 417 g/mol. The number of ketones is 1. The van der Waals surface area contributed by atoms with Gasteiger partial charge in [0.05, 0.1) is 19.3 Å². The number of imidazole rings is 1. The fourth-order valence-electron chi connectivity index (χ4n) is 3.42. The minimum Gasteiger partial charge on any atom is -0.497 e. The van der Waals surface area contributed by atoms with E-state index in [2.05, 4.69) is 9.97 Å². The average Bonchev–Trinajstić information content (AvgIpc) is 3.04. The first-order valence-corrected chi connectivity index (χ1v) is 9.53. The third-order valence-corrected chi connectivity index (χ3v) is 4.91. The van der Waals surface area contributed by atoms with Crippen LogP contribution >= 0.6 is 0 Å². The number of hydrogen-bond acceptors (Lipinski definition) is 6. The maximum Gasteiger partial charge on any atom is 0.335 e. The Morgan fingerprint density at radius 2 is 1.72 bits per heavy atom. The van der Waals surface area contributed by atoms with E-state index in [1.165, 1.54) is 35.9 Å². The Bertz CT molecular complexity index is 1410. The highest BCUT2D eigenvalue weighted by Crippen LogP contribution is 2.20. The highest BCUT2D eigenvalue weighted by atomic mass is 19.1. The van der Waals surface area contributed by atoms with Gasteiger partial charge in [0, 0.05) is 5.56 Å². The van der Waals surface area contributed by atoms with Crippen LogP contribution in [0.5, 0.6) is 5.75 Å². The van der Waals surface area contributed by atoms with Gasteiger partial charge in [-0.1, -0.05) is 0 Å². The number of ether oxygens (including phenoxy) is 1. The summed E-state index contributed by atoms with van der Waals surface area (Å²) in [4.78, 5) is 46.8. The van der Waals surface area contributed by atoms with E-state index in [1.54, 1.807) is 31.2 Å². The van der Waals surface area contributed by atoms with Gasteiger partial charge in [-0.05, 0) is 55.5 Å². The van der Waals surface area contributed by atoms with Crippen LogP contribution in [0.25, 0.3) is 16.9 Å². The highest BCUT2D eigenvalue weighted by Gasteiger charge is 2.24. The molecule has 2 heterocycles. The zero-order valence-electron chi connectivity index (χ0n) is 17.2. The van der Waals surface area contributed by atoms with Crippen molar-refractivity contribution in [3.05, 3.63) is 81.9 Å². The molecule has 0 aliphatic carbocycles. The van der Waals surface area contributed by atoms with Crippen molar-refractivity contribution in [3.63, 3.8) is 0 Å². The molecule has 0 fully saturated rings. The van der Waals surface area contributed by atoms with Crippen molar-refractivity contribution in [1.29, 1.82) is 0 Å². The molecule has 162 valence electrons. The molecule has 10 heteroatoms. The zero-order chi connectivity index (χ0) is 23.0. The second-order valence-electron chi connectivity index (χ2n) is 6.99. The van der Waals surface area contributed by atoms with Crippen LogP contribution in [0.3, 0.4) is 0 Å². The summed E-state index contributed by atoms with van der Waals surface area (Å²) >= 11 is 0. The van der Waals surface area contributed by atoms with Crippen molar-refractivity contribution in [2.24, 2.45) is 5.73 Å². The van der Waals surface area contributed by atoms with Crippen LogP contribution < -0.4 is 16.2 Å². The molecule has 2 aromatic heterocycles. The van der Waals surface area contributed by atoms with Crippen molar-refractivity contribution in [2.75, 3.05) is 7.11 Å². The van der Waals surface area contributed by atoms with Gasteiger partial charge in [0.2, 0.25) is 0 Å². The number of carbonyl (C=O) groups is 2. The van der Waals surface area contributed by atoms with E-state index in [9.17, 15) is 18.8 Å². The largest absolute Gasteiger partial charge is 0.497 e. The Morgan fingerprint density at radius 1 is 1.06 bits per heavy atom. The van der Waals surface area contributed by atoms with E-state index in [-0.39, 0.29) is 35.0 Å². The molecule has 0 radical (unpaired) electrons. The summed E-state index contributed by atoms with van der Waals surface area (Å²) in [6, 6.07) is 11.6. The summed E-state index contributed by atoms with van der Waals surface area (Å²) in [6.07, 6.45) is 0. The molecule has 0 bridgehead atoms. The lowest BCUT2D eigenvalue weighted by atomic mass is 10.1. The number of halogens is 1. The molecule has 0 spiro atoms. The molecule has 9 nitrogen and oxygen atoms in total.